The lowest BCUT2D eigenvalue weighted by Gasteiger charge is -2.48. The summed E-state index contributed by atoms with van der Waals surface area (Å²) in [6, 6.07) is 0.826. The molecule has 0 aromatic carbocycles. The van der Waals surface area contributed by atoms with E-state index in [2.05, 4.69) is 18.7 Å². The van der Waals surface area contributed by atoms with Gasteiger partial charge in [-0.05, 0) is 44.6 Å². The number of hydrogen-bond donors (Lipinski definition) is 1. The predicted octanol–water partition coefficient (Wildman–Crippen LogP) is 4.72. The lowest BCUT2D eigenvalue weighted by molar-refractivity contribution is 0.0240. The third kappa shape index (κ3) is 4.69. The number of rotatable bonds is 6. The molecule has 0 saturated heterocycles. The first-order valence-corrected chi connectivity index (χ1v) is 9.65. The molecule has 2 rings (SSSR count). The molecule has 0 spiro atoms. The van der Waals surface area contributed by atoms with E-state index in [-0.39, 0.29) is 0 Å². The average Bonchev–Trinajstić information content (AvgIpc) is 2.95. The van der Waals surface area contributed by atoms with Crippen molar-refractivity contribution in [1.29, 1.82) is 0 Å². The largest absolute Gasteiger partial charge is 0.329 e. The normalized spacial score (nSPS) is 24.4. The van der Waals surface area contributed by atoms with Crippen molar-refractivity contribution in [1.82, 2.24) is 4.90 Å². The van der Waals surface area contributed by atoms with Gasteiger partial charge in [0.2, 0.25) is 0 Å². The van der Waals surface area contributed by atoms with Crippen LogP contribution in [0.25, 0.3) is 0 Å². The highest BCUT2D eigenvalue weighted by atomic mass is 15.2. The Balaban J connectivity index is 2.12. The van der Waals surface area contributed by atoms with Gasteiger partial charge in [0.05, 0.1) is 0 Å². The summed E-state index contributed by atoms with van der Waals surface area (Å²) in [7, 11) is 0. The molecule has 2 N–H and O–H groups in total. The second-order valence-electron chi connectivity index (χ2n) is 8.01. The Hall–Kier alpha value is -0.0800. The van der Waals surface area contributed by atoms with Crippen LogP contribution in [0, 0.1) is 5.92 Å². The van der Waals surface area contributed by atoms with Crippen molar-refractivity contribution in [2.75, 3.05) is 13.1 Å². The van der Waals surface area contributed by atoms with Gasteiger partial charge in [-0.2, -0.15) is 0 Å². The molecule has 2 heteroatoms. The summed E-state index contributed by atoms with van der Waals surface area (Å²) in [6.07, 6.45) is 16.8. The van der Waals surface area contributed by atoms with Crippen LogP contribution in [0.4, 0.5) is 0 Å². The summed E-state index contributed by atoms with van der Waals surface area (Å²) in [5.41, 5.74) is 6.72. The summed E-state index contributed by atoms with van der Waals surface area (Å²) < 4.78 is 0. The van der Waals surface area contributed by atoms with Crippen molar-refractivity contribution in [3.8, 4) is 0 Å². The first-order chi connectivity index (χ1) is 10.2. The van der Waals surface area contributed by atoms with E-state index in [9.17, 15) is 0 Å². The minimum atomic E-state index is 0.324. The van der Waals surface area contributed by atoms with Crippen molar-refractivity contribution in [2.24, 2.45) is 11.7 Å². The fourth-order valence-electron chi connectivity index (χ4n) is 4.59. The van der Waals surface area contributed by atoms with Gasteiger partial charge in [0.25, 0.3) is 0 Å². The van der Waals surface area contributed by atoms with Gasteiger partial charge in [-0.15, -0.1) is 0 Å². The van der Waals surface area contributed by atoms with Crippen LogP contribution in [0.1, 0.15) is 90.9 Å². The lowest BCUT2D eigenvalue weighted by atomic mass is 9.81. The summed E-state index contributed by atoms with van der Waals surface area (Å²) >= 11 is 0. The monoisotopic (exact) mass is 294 g/mol. The van der Waals surface area contributed by atoms with Gasteiger partial charge in [-0.3, -0.25) is 4.90 Å². The Morgan fingerprint density at radius 3 is 2.05 bits per heavy atom. The number of hydrogen-bond acceptors (Lipinski definition) is 2. The third-order valence-electron chi connectivity index (χ3n) is 5.99. The lowest BCUT2D eigenvalue weighted by Crippen LogP contribution is -2.58. The van der Waals surface area contributed by atoms with Crippen LogP contribution in [0.15, 0.2) is 0 Å². The van der Waals surface area contributed by atoms with Gasteiger partial charge in [0.15, 0.2) is 0 Å². The second kappa shape index (κ2) is 8.53. The van der Waals surface area contributed by atoms with E-state index >= 15 is 0 Å². The number of nitrogens with zero attached hydrogens (tertiary/aromatic N) is 1. The zero-order valence-electron chi connectivity index (χ0n) is 14.6. The maximum atomic E-state index is 6.39. The van der Waals surface area contributed by atoms with Crippen LogP contribution in [0.5, 0.6) is 0 Å². The van der Waals surface area contributed by atoms with E-state index < -0.39 is 0 Å². The Morgan fingerprint density at radius 2 is 1.52 bits per heavy atom. The van der Waals surface area contributed by atoms with Crippen molar-refractivity contribution < 1.29 is 0 Å². The molecule has 21 heavy (non-hydrogen) atoms. The van der Waals surface area contributed by atoms with E-state index in [0.29, 0.717) is 5.54 Å². The zero-order valence-corrected chi connectivity index (χ0v) is 14.6. The van der Waals surface area contributed by atoms with Crippen molar-refractivity contribution in [2.45, 2.75) is 102 Å². The maximum Gasteiger partial charge on any atom is 0.0334 e. The van der Waals surface area contributed by atoms with Crippen LogP contribution in [0.3, 0.4) is 0 Å². The Kier molecular flexibility index (Phi) is 7.01. The molecule has 0 unspecified atom stereocenters. The van der Waals surface area contributed by atoms with Crippen LogP contribution in [-0.2, 0) is 0 Å². The highest BCUT2D eigenvalue weighted by Crippen LogP contribution is 2.37. The molecule has 2 aliphatic rings. The molecule has 0 amide bonds. The van der Waals surface area contributed by atoms with E-state index in [1.807, 2.05) is 0 Å². The predicted molar refractivity (Wildman–Crippen MR) is 92.5 cm³/mol. The van der Waals surface area contributed by atoms with Gasteiger partial charge in [-0.25, -0.2) is 0 Å². The number of nitrogens with two attached hydrogens (primary N) is 1. The zero-order chi connectivity index (χ0) is 15.1. The van der Waals surface area contributed by atoms with Gasteiger partial charge >= 0.3 is 0 Å². The Labute approximate surface area is 132 Å². The average molecular weight is 295 g/mol. The minimum absolute atomic E-state index is 0.324. The highest BCUT2D eigenvalue weighted by molar-refractivity contribution is 4.96. The first-order valence-electron chi connectivity index (χ1n) is 9.65. The molecule has 2 fully saturated rings. The molecule has 0 aliphatic heterocycles. The van der Waals surface area contributed by atoms with Crippen molar-refractivity contribution in [3.63, 3.8) is 0 Å². The summed E-state index contributed by atoms with van der Waals surface area (Å²) in [6.45, 7) is 6.88. The third-order valence-corrected chi connectivity index (χ3v) is 5.99. The summed E-state index contributed by atoms with van der Waals surface area (Å²) in [5, 5.41) is 0. The molecule has 0 radical (unpaired) electrons. The molecule has 0 aromatic heterocycles. The fourth-order valence-corrected chi connectivity index (χ4v) is 4.59. The van der Waals surface area contributed by atoms with Crippen LogP contribution < -0.4 is 5.73 Å². The van der Waals surface area contributed by atoms with Gasteiger partial charge in [0.1, 0.15) is 0 Å². The topological polar surface area (TPSA) is 29.3 Å². The molecule has 0 heterocycles. The molecule has 124 valence electrons. The van der Waals surface area contributed by atoms with E-state index in [1.165, 1.54) is 83.6 Å². The second-order valence-corrected chi connectivity index (χ2v) is 8.01. The fraction of sp³-hybridized carbons (Fsp3) is 1.00. The van der Waals surface area contributed by atoms with Crippen molar-refractivity contribution in [3.05, 3.63) is 0 Å². The molecule has 2 nitrogen and oxygen atoms in total. The van der Waals surface area contributed by atoms with Gasteiger partial charge < -0.3 is 5.73 Å². The smallest absolute Gasteiger partial charge is 0.0334 e. The molecule has 2 aliphatic carbocycles. The molecule has 0 atom stereocenters. The van der Waals surface area contributed by atoms with Crippen LogP contribution in [-0.4, -0.2) is 29.6 Å². The molecular weight excluding hydrogens is 256 g/mol. The van der Waals surface area contributed by atoms with Crippen LogP contribution >= 0.6 is 0 Å². The first kappa shape index (κ1) is 17.3. The van der Waals surface area contributed by atoms with Gasteiger partial charge in [0, 0.05) is 18.1 Å². The summed E-state index contributed by atoms with van der Waals surface area (Å²) in [4.78, 5) is 2.91. The van der Waals surface area contributed by atoms with Crippen LogP contribution in [0.2, 0.25) is 0 Å². The Bertz CT molecular complexity index is 273. The Morgan fingerprint density at radius 1 is 0.952 bits per heavy atom. The van der Waals surface area contributed by atoms with Gasteiger partial charge in [-0.1, -0.05) is 58.8 Å². The molecule has 2 saturated carbocycles. The SMILES string of the molecule is CC(C)CCN(C1CCCC1)C1(CN)CCCCCCC1. The highest BCUT2D eigenvalue weighted by Gasteiger charge is 2.39. The van der Waals surface area contributed by atoms with E-state index in [4.69, 9.17) is 5.73 Å². The molecule has 0 bridgehead atoms. The van der Waals surface area contributed by atoms with E-state index in [0.717, 1.165) is 18.5 Å². The van der Waals surface area contributed by atoms with Crippen molar-refractivity contribution >= 4 is 0 Å². The van der Waals surface area contributed by atoms with E-state index in [1.54, 1.807) is 0 Å². The summed E-state index contributed by atoms with van der Waals surface area (Å²) in [5.74, 6) is 0.803. The molecule has 0 aromatic rings. The minimum Gasteiger partial charge on any atom is -0.329 e. The maximum absolute atomic E-state index is 6.39. The quantitative estimate of drug-likeness (QED) is 0.768. The standard InChI is InChI=1S/C19H38N2/c1-17(2)12-15-21(18-10-6-7-11-18)19(16-20)13-8-4-3-5-9-14-19/h17-18H,3-16,20H2,1-2H3. The molecular formula is C19H38N2.